The predicted molar refractivity (Wildman–Crippen MR) is 92.3 cm³/mol. The Hall–Kier alpha value is -3.11. The Bertz CT molecular complexity index is 885. The van der Waals surface area contributed by atoms with Crippen LogP contribution in [-0.2, 0) is 4.79 Å². The summed E-state index contributed by atoms with van der Waals surface area (Å²) < 4.78 is 0. The lowest BCUT2D eigenvalue weighted by Gasteiger charge is -2.05. The van der Waals surface area contributed by atoms with Crippen LogP contribution in [0.3, 0.4) is 0 Å². The number of amides is 1. The van der Waals surface area contributed by atoms with E-state index >= 15 is 0 Å². The van der Waals surface area contributed by atoms with Gasteiger partial charge in [0.25, 0.3) is 0 Å². The van der Waals surface area contributed by atoms with Gasteiger partial charge in [-0.15, -0.1) is 5.10 Å². The van der Waals surface area contributed by atoms with Gasteiger partial charge in [0.05, 0.1) is 17.0 Å². The summed E-state index contributed by atoms with van der Waals surface area (Å²) in [6.07, 6.45) is 0. The first-order valence-electron chi connectivity index (χ1n) is 7.16. The predicted octanol–water partition coefficient (Wildman–Crippen LogP) is 3.07. The third kappa shape index (κ3) is 3.80. The average molecular weight is 335 g/mol. The van der Waals surface area contributed by atoms with Crippen molar-refractivity contribution in [2.24, 2.45) is 0 Å². The molecule has 1 aromatic heterocycles. The molecular formula is C17H13N5OS. The van der Waals surface area contributed by atoms with Crippen molar-refractivity contribution >= 4 is 23.4 Å². The maximum Gasteiger partial charge on any atom is 0.234 e. The van der Waals surface area contributed by atoms with Gasteiger partial charge in [-0.25, -0.2) is 4.98 Å². The van der Waals surface area contributed by atoms with E-state index in [1.165, 1.54) is 11.8 Å². The van der Waals surface area contributed by atoms with Crippen molar-refractivity contribution in [3.05, 3.63) is 60.2 Å². The van der Waals surface area contributed by atoms with Gasteiger partial charge < -0.3 is 5.32 Å². The van der Waals surface area contributed by atoms with E-state index in [4.69, 9.17) is 5.26 Å². The molecule has 24 heavy (non-hydrogen) atoms. The molecule has 7 heteroatoms. The van der Waals surface area contributed by atoms with Crippen LogP contribution in [0.2, 0.25) is 0 Å². The number of hydrogen-bond acceptors (Lipinski definition) is 5. The molecule has 1 heterocycles. The molecule has 118 valence electrons. The van der Waals surface area contributed by atoms with Crippen LogP contribution in [0.5, 0.6) is 0 Å². The van der Waals surface area contributed by atoms with Crippen LogP contribution in [0.15, 0.2) is 59.8 Å². The maximum absolute atomic E-state index is 12.0. The van der Waals surface area contributed by atoms with Gasteiger partial charge in [0.15, 0.2) is 5.82 Å². The number of nitrogens with zero attached hydrogens (tertiary/aromatic N) is 3. The molecule has 2 N–H and O–H groups in total. The van der Waals surface area contributed by atoms with E-state index in [0.29, 0.717) is 22.2 Å². The fourth-order valence-corrected chi connectivity index (χ4v) is 2.64. The highest BCUT2D eigenvalue weighted by atomic mass is 32.2. The lowest BCUT2D eigenvalue weighted by Crippen LogP contribution is -2.15. The van der Waals surface area contributed by atoms with Gasteiger partial charge in [-0.3, -0.25) is 9.89 Å². The zero-order valence-corrected chi connectivity index (χ0v) is 13.4. The molecule has 0 fully saturated rings. The number of para-hydroxylation sites is 1. The summed E-state index contributed by atoms with van der Waals surface area (Å²) in [5.74, 6) is 0.605. The molecule has 0 aliphatic rings. The second kappa shape index (κ2) is 7.44. The van der Waals surface area contributed by atoms with Gasteiger partial charge in [0.2, 0.25) is 11.1 Å². The smallest absolute Gasteiger partial charge is 0.234 e. The van der Waals surface area contributed by atoms with Crippen LogP contribution in [0.1, 0.15) is 5.56 Å². The highest BCUT2D eigenvalue weighted by molar-refractivity contribution is 7.99. The summed E-state index contributed by atoms with van der Waals surface area (Å²) in [4.78, 5) is 16.4. The van der Waals surface area contributed by atoms with Crippen LogP contribution >= 0.6 is 11.8 Å². The summed E-state index contributed by atoms with van der Waals surface area (Å²) in [6.45, 7) is 0. The summed E-state index contributed by atoms with van der Waals surface area (Å²) >= 11 is 1.23. The Morgan fingerprint density at radius 3 is 2.71 bits per heavy atom. The number of benzene rings is 2. The standard InChI is InChI=1S/C17H13N5OS/c18-10-13-8-4-5-9-14(13)19-15(23)11-24-17-20-16(21-22-17)12-6-2-1-3-7-12/h1-9H,11H2,(H,19,23)(H,20,21,22). The fraction of sp³-hybridized carbons (Fsp3) is 0.0588. The summed E-state index contributed by atoms with van der Waals surface area (Å²) in [5.41, 5.74) is 1.87. The van der Waals surface area contributed by atoms with Crippen molar-refractivity contribution in [3.8, 4) is 17.5 Å². The molecule has 0 aliphatic heterocycles. The molecule has 0 aliphatic carbocycles. The SMILES string of the molecule is N#Cc1ccccc1NC(=O)CSc1n[nH]c(-c2ccccc2)n1. The fourth-order valence-electron chi connectivity index (χ4n) is 2.04. The first-order chi connectivity index (χ1) is 11.8. The number of rotatable bonds is 5. The number of anilines is 1. The molecule has 3 aromatic rings. The summed E-state index contributed by atoms with van der Waals surface area (Å²) in [5, 5.41) is 19.2. The van der Waals surface area contributed by atoms with E-state index in [1.54, 1.807) is 24.3 Å². The highest BCUT2D eigenvalue weighted by Gasteiger charge is 2.10. The zero-order chi connectivity index (χ0) is 16.8. The first kappa shape index (κ1) is 15.8. The number of thioether (sulfide) groups is 1. The average Bonchev–Trinajstić information content (AvgIpc) is 3.10. The van der Waals surface area contributed by atoms with Crippen molar-refractivity contribution < 1.29 is 4.79 Å². The van der Waals surface area contributed by atoms with Crippen LogP contribution in [0.25, 0.3) is 11.4 Å². The maximum atomic E-state index is 12.0. The molecule has 0 saturated heterocycles. The third-order valence-corrected chi connectivity index (χ3v) is 4.01. The van der Waals surface area contributed by atoms with Crippen LogP contribution < -0.4 is 5.32 Å². The number of hydrogen-bond donors (Lipinski definition) is 2. The van der Waals surface area contributed by atoms with E-state index in [2.05, 4.69) is 20.5 Å². The molecule has 1 amide bonds. The number of H-pyrrole nitrogens is 1. The van der Waals surface area contributed by atoms with E-state index < -0.39 is 0 Å². The zero-order valence-electron chi connectivity index (χ0n) is 12.6. The Morgan fingerprint density at radius 2 is 1.92 bits per heavy atom. The Balaban J connectivity index is 1.59. The molecule has 0 saturated carbocycles. The van der Waals surface area contributed by atoms with Crippen molar-refractivity contribution in [2.75, 3.05) is 11.1 Å². The second-order valence-electron chi connectivity index (χ2n) is 4.83. The van der Waals surface area contributed by atoms with Crippen molar-refractivity contribution in [2.45, 2.75) is 5.16 Å². The van der Waals surface area contributed by atoms with Crippen LogP contribution in [-0.4, -0.2) is 26.8 Å². The molecule has 6 nitrogen and oxygen atoms in total. The lowest BCUT2D eigenvalue weighted by atomic mass is 10.2. The minimum Gasteiger partial charge on any atom is -0.324 e. The number of aromatic amines is 1. The van der Waals surface area contributed by atoms with E-state index in [-0.39, 0.29) is 11.7 Å². The van der Waals surface area contributed by atoms with E-state index in [1.807, 2.05) is 36.4 Å². The summed E-state index contributed by atoms with van der Waals surface area (Å²) in [7, 11) is 0. The highest BCUT2D eigenvalue weighted by Crippen LogP contribution is 2.19. The van der Waals surface area contributed by atoms with Crippen molar-refractivity contribution in [1.82, 2.24) is 15.2 Å². The number of carbonyl (C=O) groups excluding carboxylic acids is 1. The molecule has 0 atom stereocenters. The number of nitriles is 1. The van der Waals surface area contributed by atoms with E-state index in [9.17, 15) is 4.79 Å². The minimum atomic E-state index is -0.214. The molecule has 0 unspecified atom stereocenters. The van der Waals surface area contributed by atoms with Gasteiger partial charge in [0.1, 0.15) is 6.07 Å². The molecule has 3 rings (SSSR count). The largest absolute Gasteiger partial charge is 0.324 e. The minimum absolute atomic E-state index is 0.159. The number of aromatic nitrogens is 3. The monoisotopic (exact) mass is 335 g/mol. The molecule has 2 aromatic carbocycles. The van der Waals surface area contributed by atoms with Gasteiger partial charge in [-0.2, -0.15) is 5.26 Å². The van der Waals surface area contributed by atoms with Gasteiger partial charge in [-0.1, -0.05) is 54.2 Å². The third-order valence-electron chi connectivity index (χ3n) is 3.17. The Morgan fingerprint density at radius 1 is 1.17 bits per heavy atom. The molecule has 0 radical (unpaired) electrons. The van der Waals surface area contributed by atoms with Gasteiger partial charge in [-0.05, 0) is 12.1 Å². The molecule has 0 spiro atoms. The first-order valence-corrected chi connectivity index (χ1v) is 8.14. The normalized spacial score (nSPS) is 10.1. The number of nitrogens with one attached hydrogen (secondary N) is 2. The van der Waals surface area contributed by atoms with Crippen LogP contribution in [0.4, 0.5) is 5.69 Å². The lowest BCUT2D eigenvalue weighted by molar-refractivity contribution is -0.113. The quantitative estimate of drug-likeness (QED) is 0.699. The topological polar surface area (TPSA) is 94.5 Å². The van der Waals surface area contributed by atoms with Gasteiger partial charge >= 0.3 is 0 Å². The Kier molecular flexibility index (Phi) is 4.89. The summed E-state index contributed by atoms with van der Waals surface area (Å²) in [6, 6.07) is 18.6. The van der Waals surface area contributed by atoms with Gasteiger partial charge in [0, 0.05) is 5.56 Å². The van der Waals surface area contributed by atoms with Crippen molar-refractivity contribution in [1.29, 1.82) is 5.26 Å². The number of carbonyl (C=O) groups is 1. The van der Waals surface area contributed by atoms with Crippen LogP contribution in [0, 0.1) is 11.3 Å². The molecule has 0 bridgehead atoms. The molecular weight excluding hydrogens is 322 g/mol. The van der Waals surface area contributed by atoms with Crippen molar-refractivity contribution in [3.63, 3.8) is 0 Å². The Labute approximate surface area is 142 Å². The van der Waals surface area contributed by atoms with E-state index in [0.717, 1.165) is 5.56 Å². The second-order valence-corrected chi connectivity index (χ2v) is 5.77.